The lowest BCUT2D eigenvalue weighted by atomic mass is 9.99. The monoisotopic (exact) mass is 376 g/mol. The molecule has 1 aliphatic rings. The Morgan fingerprint density at radius 3 is 2.44 bits per heavy atom. The number of hydrogen-bond acceptors (Lipinski definition) is 4. The van der Waals surface area contributed by atoms with Crippen LogP contribution in [0.4, 0.5) is 5.69 Å². The number of nitrogens with zero attached hydrogens (tertiary/aromatic N) is 1. The van der Waals surface area contributed by atoms with Crippen molar-refractivity contribution in [2.45, 2.75) is 64.9 Å². The van der Waals surface area contributed by atoms with E-state index in [9.17, 15) is 4.79 Å². The molecule has 0 spiro atoms. The maximum absolute atomic E-state index is 12.7. The van der Waals surface area contributed by atoms with Crippen LogP contribution >= 0.6 is 0 Å². The molecular weight excluding hydrogens is 340 g/mol. The summed E-state index contributed by atoms with van der Waals surface area (Å²) in [5.41, 5.74) is -0.0120. The second-order valence-corrected chi connectivity index (χ2v) is 7.56. The van der Waals surface area contributed by atoms with Crippen molar-refractivity contribution in [3.05, 3.63) is 24.3 Å². The van der Waals surface area contributed by atoms with Crippen molar-refractivity contribution in [2.24, 2.45) is 0 Å². The van der Waals surface area contributed by atoms with E-state index in [0.717, 1.165) is 43.9 Å². The molecule has 0 aliphatic carbocycles. The first-order chi connectivity index (χ1) is 13.1. The van der Waals surface area contributed by atoms with E-state index in [1.54, 1.807) is 0 Å². The van der Waals surface area contributed by atoms with Crippen LogP contribution in [0.1, 0.15) is 59.3 Å². The Morgan fingerprint density at radius 2 is 1.81 bits per heavy atom. The smallest absolute Gasteiger partial charge is 0.256 e. The predicted molar refractivity (Wildman–Crippen MR) is 110 cm³/mol. The minimum atomic E-state index is -0.782. The zero-order chi connectivity index (χ0) is 19.5. The largest absolute Gasteiger partial charge is 0.494 e. The molecule has 1 N–H and O–H groups in total. The first kappa shape index (κ1) is 21.7. The molecule has 1 atom stereocenters. The van der Waals surface area contributed by atoms with Gasteiger partial charge in [-0.15, -0.1) is 0 Å². The fourth-order valence-electron chi connectivity index (χ4n) is 3.44. The third-order valence-electron chi connectivity index (χ3n) is 5.03. The summed E-state index contributed by atoms with van der Waals surface area (Å²) in [6.07, 6.45) is 6.21. The third kappa shape index (κ3) is 7.15. The maximum Gasteiger partial charge on any atom is 0.256 e. The van der Waals surface area contributed by atoms with Gasteiger partial charge >= 0.3 is 0 Å². The zero-order valence-corrected chi connectivity index (χ0v) is 17.3. The summed E-state index contributed by atoms with van der Waals surface area (Å²) in [5, 5.41) is 2.98. The predicted octanol–water partition coefficient (Wildman–Crippen LogP) is 4.48. The Labute approximate surface area is 164 Å². The van der Waals surface area contributed by atoms with Crippen molar-refractivity contribution in [2.75, 3.05) is 38.2 Å². The standard InChI is InChI=1S/C22H36N2O3/c1-4-13-22(3,27-17-5-2)21(25)23-19-9-11-20(12-10-19)26-18-8-16-24-14-6-7-15-24/h9-12H,4-8,13-18H2,1-3H3,(H,23,25)/t22-/m1/s1. The van der Waals surface area contributed by atoms with Crippen molar-refractivity contribution in [1.82, 2.24) is 4.90 Å². The third-order valence-corrected chi connectivity index (χ3v) is 5.03. The van der Waals surface area contributed by atoms with E-state index in [0.29, 0.717) is 13.0 Å². The van der Waals surface area contributed by atoms with Crippen LogP contribution in [0.3, 0.4) is 0 Å². The second kappa shape index (κ2) is 11.3. The van der Waals surface area contributed by atoms with Crippen molar-refractivity contribution < 1.29 is 14.3 Å². The van der Waals surface area contributed by atoms with Gasteiger partial charge in [-0.05, 0) is 76.4 Å². The van der Waals surface area contributed by atoms with E-state index in [2.05, 4.69) is 17.1 Å². The van der Waals surface area contributed by atoms with Gasteiger partial charge in [-0.2, -0.15) is 0 Å². The summed E-state index contributed by atoms with van der Waals surface area (Å²) in [6, 6.07) is 7.60. The van der Waals surface area contributed by atoms with Gasteiger partial charge in [-0.25, -0.2) is 0 Å². The molecule has 0 aromatic heterocycles. The van der Waals surface area contributed by atoms with Crippen molar-refractivity contribution >= 4 is 11.6 Å². The van der Waals surface area contributed by atoms with Gasteiger partial charge in [0.05, 0.1) is 6.61 Å². The van der Waals surface area contributed by atoms with Gasteiger partial charge in [0.1, 0.15) is 11.4 Å². The summed E-state index contributed by atoms with van der Waals surface area (Å²) in [7, 11) is 0. The molecule has 2 rings (SSSR count). The van der Waals surface area contributed by atoms with Gasteiger partial charge in [0.2, 0.25) is 0 Å². The summed E-state index contributed by atoms with van der Waals surface area (Å²) in [4.78, 5) is 15.2. The molecule has 1 amide bonds. The van der Waals surface area contributed by atoms with E-state index < -0.39 is 5.60 Å². The normalized spacial score (nSPS) is 16.9. The van der Waals surface area contributed by atoms with Crippen LogP contribution in [0.5, 0.6) is 5.75 Å². The van der Waals surface area contributed by atoms with Crippen LogP contribution in [-0.4, -0.2) is 49.3 Å². The number of likely N-dealkylation sites (tertiary alicyclic amines) is 1. The highest BCUT2D eigenvalue weighted by atomic mass is 16.5. The van der Waals surface area contributed by atoms with Gasteiger partial charge in [0, 0.05) is 18.8 Å². The molecule has 1 saturated heterocycles. The van der Waals surface area contributed by atoms with Crippen molar-refractivity contribution in [1.29, 1.82) is 0 Å². The van der Waals surface area contributed by atoms with Crippen LogP contribution in [0.25, 0.3) is 0 Å². The molecule has 5 nitrogen and oxygen atoms in total. The summed E-state index contributed by atoms with van der Waals surface area (Å²) < 4.78 is 11.7. The lowest BCUT2D eigenvalue weighted by Crippen LogP contribution is -2.43. The first-order valence-corrected chi connectivity index (χ1v) is 10.5. The summed E-state index contributed by atoms with van der Waals surface area (Å²) >= 11 is 0. The molecule has 0 unspecified atom stereocenters. The molecule has 5 heteroatoms. The minimum Gasteiger partial charge on any atom is -0.494 e. The Bertz CT molecular complexity index is 555. The molecule has 1 aromatic rings. The van der Waals surface area contributed by atoms with Crippen LogP contribution in [0.2, 0.25) is 0 Å². The Balaban J connectivity index is 1.78. The minimum absolute atomic E-state index is 0.0860. The zero-order valence-electron chi connectivity index (χ0n) is 17.3. The van der Waals surface area contributed by atoms with Gasteiger partial charge in [-0.1, -0.05) is 20.3 Å². The molecule has 1 aliphatic heterocycles. The fourth-order valence-corrected chi connectivity index (χ4v) is 3.44. The Kier molecular flexibility index (Phi) is 9.08. The summed E-state index contributed by atoms with van der Waals surface area (Å²) in [5.74, 6) is 0.755. The number of rotatable bonds is 12. The quantitative estimate of drug-likeness (QED) is 0.547. The average Bonchev–Trinajstić information content (AvgIpc) is 3.18. The van der Waals surface area contributed by atoms with E-state index in [1.165, 1.54) is 25.9 Å². The lowest BCUT2D eigenvalue weighted by molar-refractivity contribution is -0.140. The maximum atomic E-state index is 12.7. The number of carbonyl (C=O) groups is 1. The Hall–Kier alpha value is -1.59. The fraction of sp³-hybridized carbons (Fsp3) is 0.682. The first-order valence-electron chi connectivity index (χ1n) is 10.5. The highest BCUT2D eigenvalue weighted by Crippen LogP contribution is 2.22. The van der Waals surface area contributed by atoms with Gasteiger partial charge in [0.15, 0.2) is 0 Å². The molecular formula is C22H36N2O3. The highest BCUT2D eigenvalue weighted by molar-refractivity contribution is 5.97. The van der Waals surface area contributed by atoms with E-state index in [4.69, 9.17) is 9.47 Å². The van der Waals surface area contributed by atoms with Crippen molar-refractivity contribution in [3.8, 4) is 5.75 Å². The highest BCUT2D eigenvalue weighted by Gasteiger charge is 2.33. The topological polar surface area (TPSA) is 50.8 Å². The molecule has 27 heavy (non-hydrogen) atoms. The molecule has 152 valence electrons. The number of nitrogens with one attached hydrogen (secondary N) is 1. The molecule has 0 bridgehead atoms. The number of anilines is 1. The number of hydrogen-bond donors (Lipinski definition) is 1. The number of ether oxygens (including phenoxy) is 2. The van der Waals surface area contributed by atoms with Crippen LogP contribution in [0.15, 0.2) is 24.3 Å². The van der Waals surface area contributed by atoms with E-state index >= 15 is 0 Å². The summed E-state index contributed by atoms with van der Waals surface area (Å²) in [6.45, 7) is 10.9. The Morgan fingerprint density at radius 1 is 1.11 bits per heavy atom. The second-order valence-electron chi connectivity index (χ2n) is 7.56. The van der Waals surface area contributed by atoms with Gasteiger partial charge in [-0.3, -0.25) is 4.79 Å². The van der Waals surface area contributed by atoms with Gasteiger partial charge < -0.3 is 19.7 Å². The average molecular weight is 377 g/mol. The molecule has 1 fully saturated rings. The van der Waals surface area contributed by atoms with Gasteiger partial charge in [0.25, 0.3) is 5.91 Å². The number of amides is 1. The number of carbonyl (C=O) groups excluding carboxylic acids is 1. The number of benzene rings is 1. The van der Waals surface area contributed by atoms with E-state index in [-0.39, 0.29) is 5.91 Å². The molecule has 0 radical (unpaired) electrons. The SMILES string of the molecule is CCCO[C@](C)(CCC)C(=O)Nc1ccc(OCCCN2CCCC2)cc1. The van der Waals surface area contributed by atoms with Crippen LogP contribution < -0.4 is 10.1 Å². The molecule has 0 saturated carbocycles. The lowest BCUT2D eigenvalue weighted by Gasteiger charge is -2.28. The van der Waals surface area contributed by atoms with Crippen LogP contribution in [-0.2, 0) is 9.53 Å². The molecule has 1 heterocycles. The van der Waals surface area contributed by atoms with Crippen LogP contribution in [0, 0.1) is 0 Å². The molecule has 1 aromatic carbocycles. The van der Waals surface area contributed by atoms with Crippen molar-refractivity contribution in [3.63, 3.8) is 0 Å². The van der Waals surface area contributed by atoms with E-state index in [1.807, 2.05) is 38.1 Å².